The van der Waals surface area contributed by atoms with E-state index in [2.05, 4.69) is 34.3 Å². The molecular weight excluding hydrogens is 458 g/mol. The molecule has 1 amide bonds. The van der Waals surface area contributed by atoms with Crippen molar-refractivity contribution in [3.8, 4) is 11.4 Å². The number of aromatic nitrogens is 2. The molecule has 0 unspecified atom stereocenters. The van der Waals surface area contributed by atoms with Gasteiger partial charge in [-0.3, -0.25) is 9.69 Å². The molecule has 35 heavy (non-hydrogen) atoms. The fourth-order valence-corrected chi connectivity index (χ4v) is 5.42. The predicted octanol–water partition coefficient (Wildman–Crippen LogP) is 4.36. The van der Waals surface area contributed by atoms with E-state index in [1.54, 1.807) is 11.3 Å². The van der Waals surface area contributed by atoms with Crippen molar-refractivity contribution in [3.05, 3.63) is 76.2 Å². The van der Waals surface area contributed by atoms with E-state index in [0.717, 1.165) is 59.8 Å². The molecule has 1 aliphatic heterocycles. The highest BCUT2D eigenvalue weighted by atomic mass is 32.1. The number of benzene rings is 2. The summed E-state index contributed by atoms with van der Waals surface area (Å²) in [5, 5.41) is 4.16. The molecular formula is C27H29N5O2S. The molecule has 1 aliphatic rings. The smallest absolute Gasteiger partial charge is 0.251 e. The first-order chi connectivity index (χ1) is 17.0. The number of carbonyl (C=O) groups is 1. The summed E-state index contributed by atoms with van der Waals surface area (Å²) in [6.45, 7) is 8.03. The minimum atomic E-state index is -0.114. The van der Waals surface area contributed by atoms with Crippen LogP contribution in [0.5, 0.6) is 0 Å². The molecule has 0 spiro atoms. The van der Waals surface area contributed by atoms with Crippen LogP contribution in [0.15, 0.2) is 54.6 Å². The maximum absolute atomic E-state index is 13.2. The summed E-state index contributed by atoms with van der Waals surface area (Å²) in [4.78, 5) is 26.8. The minimum absolute atomic E-state index is 0.112. The number of anilines is 1. The Kier molecular flexibility index (Phi) is 6.77. The number of nitrogens with two attached hydrogens (primary N) is 1. The molecule has 3 N–H and O–H groups in total. The summed E-state index contributed by atoms with van der Waals surface area (Å²) in [5.41, 5.74) is 9.89. The van der Waals surface area contributed by atoms with E-state index in [1.165, 1.54) is 4.88 Å². The van der Waals surface area contributed by atoms with E-state index >= 15 is 0 Å². The number of aryl methyl sites for hydroxylation is 2. The van der Waals surface area contributed by atoms with Gasteiger partial charge >= 0.3 is 0 Å². The molecule has 8 heteroatoms. The Labute approximate surface area is 209 Å². The fraction of sp³-hybridized carbons (Fsp3) is 0.296. The number of hydrogen-bond donors (Lipinski definition) is 2. The maximum Gasteiger partial charge on any atom is 0.251 e. The van der Waals surface area contributed by atoms with Crippen molar-refractivity contribution in [1.82, 2.24) is 20.2 Å². The van der Waals surface area contributed by atoms with Crippen molar-refractivity contribution in [2.24, 2.45) is 0 Å². The number of rotatable bonds is 6. The lowest BCUT2D eigenvalue weighted by molar-refractivity contribution is 0.0332. The summed E-state index contributed by atoms with van der Waals surface area (Å²) < 4.78 is 5.48. The van der Waals surface area contributed by atoms with Gasteiger partial charge in [-0.25, -0.2) is 9.97 Å². The number of carbonyl (C=O) groups excluding carboxylic acids is 1. The first-order valence-corrected chi connectivity index (χ1v) is 12.6. The van der Waals surface area contributed by atoms with E-state index in [4.69, 9.17) is 15.5 Å². The highest BCUT2D eigenvalue weighted by Crippen LogP contribution is 2.33. The number of nitrogen functional groups attached to an aromatic ring is 1. The highest BCUT2D eigenvalue weighted by Gasteiger charge is 2.21. The van der Waals surface area contributed by atoms with Crippen molar-refractivity contribution < 1.29 is 9.53 Å². The molecule has 0 aliphatic carbocycles. The zero-order chi connectivity index (χ0) is 24.4. The number of hydrogen-bond acceptors (Lipinski definition) is 7. The average molecular weight is 488 g/mol. The standard InChI is InChI=1S/C27H29N5O2S/c1-17-18(2)35-27-23(17)24(28)30-25(31-27)20-8-10-21(11-9-20)26(33)29-22(19-6-4-3-5-7-19)16-32-12-14-34-15-13-32/h3-11,22H,12-16H2,1-2H3,(H,29,33)(H2,28,30,31)/t22-/m1/s1. The van der Waals surface area contributed by atoms with Crippen molar-refractivity contribution in [2.45, 2.75) is 19.9 Å². The van der Waals surface area contributed by atoms with Gasteiger partial charge < -0.3 is 15.8 Å². The van der Waals surface area contributed by atoms with Gasteiger partial charge in [0, 0.05) is 35.6 Å². The number of thiophene rings is 1. The Hall–Kier alpha value is -3.33. The Morgan fingerprint density at radius 1 is 1.09 bits per heavy atom. The second-order valence-electron chi connectivity index (χ2n) is 8.82. The Morgan fingerprint density at radius 3 is 2.51 bits per heavy atom. The molecule has 3 heterocycles. The lowest BCUT2D eigenvalue weighted by atomic mass is 10.0. The van der Waals surface area contributed by atoms with Crippen LogP contribution in [0.3, 0.4) is 0 Å². The molecule has 1 atom stereocenters. The van der Waals surface area contributed by atoms with Gasteiger partial charge in [0.25, 0.3) is 5.91 Å². The van der Waals surface area contributed by atoms with E-state index in [9.17, 15) is 4.79 Å². The number of ether oxygens (including phenoxy) is 1. The van der Waals surface area contributed by atoms with Gasteiger partial charge in [0.15, 0.2) is 5.82 Å². The van der Waals surface area contributed by atoms with Crippen LogP contribution in [-0.2, 0) is 4.74 Å². The predicted molar refractivity (Wildman–Crippen MR) is 141 cm³/mol. The third-order valence-electron chi connectivity index (χ3n) is 6.51. The van der Waals surface area contributed by atoms with Crippen LogP contribution < -0.4 is 11.1 Å². The average Bonchev–Trinajstić information content (AvgIpc) is 3.18. The van der Waals surface area contributed by atoms with Crippen LogP contribution in [0.4, 0.5) is 5.82 Å². The zero-order valence-corrected chi connectivity index (χ0v) is 20.8. The third kappa shape index (κ3) is 5.05. The van der Waals surface area contributed by atoms with Gasteiger partial charge in [-0.1, -0.05) is 42.5 Å². The quantitative estimate of drug-likeness (QED) is 0.420. The molecule has 5 rings (SSSR count). The topological polar surface area (TPSA) is 93.4 Å². The van der Waals surface area contributed by atoms with Crippen molar-refractivity contribution >= 4 is 33.3 Å². The minimum Gasteiger partial charge on any atom is -0.383 e. The molecule has 2 aromatic heterocycles. The summed E-state index contributed by atoms with van der Waals surface area (Å²) in [6.07, 6.45) is 0. The van der Waals surface area contributed by atoms with Gasteiger partial charge in [0.05, 0.1) is 24.6 Å². The monoisotopic (exact) mass is 487 g/mol. The molecule has 180 valence electrons. The van der Waals surface area contributed by atoms with Gasteiger partial charge in [-0.05, 0) is 37.1 Å². The van der Waals surface area contributed by atoms with E-state index in [0.29, 0.717) is 17.2 Å². The zero-order valence-electron chi connectivity index (χ0n) is 20.0. The fourth-order valence-electron chi connectivity index (χ4n) is 4.38. The van der Waals surface area contributed by atoms with Crippen LogP contribution in [0, 0.1) is 13.8 Å². The Morgan fingerprint density at radius 2 is 1.80 bits per heavy atom. The molecule has 1 fully saturated rings. The van der Waals surface area contributed by atoms with Crippen molar-refractivity contribution in [3.63, 3.8) is 0 Å². The molecule has 0 radical (unpaired) electrons. The van der Waals surface area contributed by atoms with Crippen LogP contribution in [0.1, 0.15) is 32.4 Å². The second-order valence-corrected chi connectivity index (χ2v) is 10.0. The van der Waals surface area contributed by atoms with Crippen molar-refractivity contribution in [1.29, 1.82) is 0 Å². The van der Waals surface area contributed by atoms with Crippen LogP contribution in [0.25, 0.3) is 21.6 Å². The maximum atomic E-state index is 13.2. The third-order valence-corrected chi connectivity index (χ3v) is 7.61. The molecule has 4 aromatic rings. The number of fused-ring (bicyclic) bond motifs is 1. The molecule has 2 aromatic carbocycles. The Balaban J connectivity index is 1.35. The van der Waals surface area contributed by atoms with Crippen LogP contribution in [0.2, 0.25) is 0 Å². The number of nitrogens with one attached hydrogen (secondary N) is 1. The van der Waals surface area contributed by atoms with Gasteiger partial charge in [0.1, 0.15) is 10.6 Å². The lowest BCUT2D eigenvalue weighted by Crippen LogP contribution is -2.43. The highest BCUT2D eigenvalue weighted by molar-refractivity contribution is 7.18. The second kappa shape index (κ2) is 10.1. The van der Waals surface area contributed by atoms with E-state index in [1.807, 2.05) is 49.4 Å². The van der Waals surface area contributed by atoms with Crippen LogP contribution in [-0.4, -0.2) is 53.6 Å². The van der Waals surface area contributed by atoms with Gasteiger partial charge in [-0.15, -0.1) is 11.3 Å². The summed E-state index contributed by atoms with van der Waals surface area (Å²) in [5.74, 6) is 0.944. The first kappa shape index (κ1) is 23.4. The number of morpholine rings is 1. The molecule has 0 saturated carbocycles. The summed E-state index contributed by atoms with van der Waals surface area (Å²) in [6, 6.07) is 17.4. The van der Waals surface area contributed by atoms with Gasteiger partial charge in [-0.2, -0.15) is 0 Å². The summed E-state index contributed by atoms with van der Waals surface area (Å²) in [7, 11) is 0. The first-order valence-electron chi connectivity index (χ1n) is 11.8. The molecule has 0 bridgehead atoms. The van der Waals surface area contributed by atoms with Crippen LogP contribution >= 0.6 is 11.3 Å². The lowest BCUT2D eigenvalue weighted by Gasteiger charge is -2.31. The normalized spacial score (nSPS) is 15.3. The van der Waals surface area contributed by atoms with Gasteiger partial charge in [0.2, 0.25) is 0 Å². The number of amides is 1. The summed E-state index contributed by atoms with van der Waals surface area (Å²) >= 11 is 1.62. The molecule has 1 saturated heterocycles. The number of nitrogens with zero attached hydrogens (tertiary/aromatic N) is 3. The largest absolute Gasteiger partial charge is 0.383 e. The SMILES string of the molecule is Cc1sc2nc(-c3ccc(C(=O)N[C@H](CN4CCOCC4)c4ccccc4)cc3)nc(N)c2c1C. The van der Waals surface area contributed by atoms with Crippen molar-refractivity contribution in [2.75, 3.05) is 38.6 Å². The van der Waals surface area contributed by atoms with E-state index in [-0.39, 0.29) is 11.9 Å². The Bertz CT molecular complexity index is 1330. The molecule has 7 nitrogen and oxygen atoms in total. The van der Waals surface area contributed by atoms with E-state index < -0.39 is 0 Å².